The van der Waals surface area contributed by atoms with Crippen LogP contribution < -0.4 is 5.32 Å². The SMILES string of the molecule is Cc1ccc(C(=O)O)c(NCC(C)CO)n1. The Morgan fingerprint density at radius 1 is 1.56 bits per heavy atom. The zero-order valence-corrected chi connectivity index (χ0v) is 9.40. The van der Waals surface area contributed by atoms with Crippen LogP contribution in [0.25, 0.3) is 0 Å². The molecule has 1 rings (SSSR count). The minimum absolute atomic E-state index is 0.0568. The molecule has 3 N–H and O–H groups in total. The van der Waals surface area contributed by atoms with E-state index < -0.39 is 5.97 Å². The highest BCUT2D eigenvalue weighted by molar-refractivity contribution is 5.93. The Kier molecular flexibility index (Phi) is 4.25. The van der Waals surface area contributed by atoms with E-state index in [0.717, 1.165) is 5.69 Å². The fourth-order valence-electron chi connectivity index (χ4n) is 1.20. The summed E-state index contributed by atoms with van der Waals surface area (Å²) in [7, 11) is 0. The van der Waals surface area contributed by atoms with E-state index in [1.165, 1.54) is 6.07 Å². The van der Waals surface area contributed by atoms with Crippen LogP contribution in [0.15, 0.2) is 12.1 Å². The standard InChI is InChI=1S/C11H16N2O3/c1-7(6-14)5-12-10-9(11(15)16)4-3-8(2)13-10/h3-4,7,14H,5-6H2,1-2H3,(H,12,13)(H,15,16). The zero-order valence-electron chi connectivity index (χ0n) is 9.40. The molecular formula is C11H16N2O3. The largest absolute Gasteiger partial charge is 0.478 e. The molecule has 0 aromatic carbocycles. The number of aryl methyl sites for hydroxylation is 1. The normalized spacial score (nSPS) is 12.2. The summed E-state index contributed by atoms with van der Waals surface area (Å²) in [6.45, 7) is 4.21. The summed E-state index contributed by atoms with van der Waals surface area (Å²) in [4.78, 5) is 15.0. The fourth-order valence-corrected chi connectivity index (χ4v) is 1.20. The summed E-state index contributed by atoms with van der Waals surface area (Å²) >= 11 is 0. The lowest BCUT2D eigenvalue weighted by molar-refractivity contribution is 0.0697. The number of anilines is 1. The van der Waals surface area contributed by atoms with E-state index in [9.17, 15) is 4.79 Å². The molecule has 1 unspecified atom stereocenters. The van der Waals surface area contributed by atoms with E-state index in [1.807, 2.05) is 6.92 Å². The molecule has 0 saturated heterocycles. The second kappa shape index (κ2) is 5.46. The van der Waals surface area contributed by atoms with Gasteiger partial charge in [0.15, 0.2) is 0 Å². The topological polar surface area (TPSA) is 82.5 Å². The van der Waals surface area contributed by atoms with Crippen molar-refractivity contribution in [3.8, 4) is 0 Å². The number of nitrogens with zero attached hydrogens (tertiary/aromatic N) is 1. The number of carbonyl (C=O) groups is 1. The van der Waals surface area contributed by atoms with Gasteiger partial charge in [0.1, 0.15) is 11.4 Å². The molecule has 1 aromatic rings. The number of aromatic nitrogens is 1. The van der Waals surface area contributed by atoms with Crippen molar-refractivity contribution in [2.24, 2.45) is 5.92 Å². The molecule has 16 heavy (non-hydrogen) atoms. The van der Waals surface area contributed by atoms with Gasteiger partial charge in [0, 0.05) is 18.8 Å². The summed E-state index contributed by atoms with van der Waals surface area (Å²) in [6, 6.07) is 3.18. The average Bonchev–Trinajstić information content (AvgIpc) is 2.25. The molecule has 0 aliphatic heterocycles. The summed E-state index contributed by atoms with van der Waals surface area (Å²) < 4.78 is 0. The molecule has 0 amide bonds. The molecule has 0 aliphatic carbocycles. The van der Waals surface area contributed by atoms with Crippen LogP contribution in [-0.2, 0) is 0 Å². The number of hydrogen-bond donors (Lipinski definition) is 3. The van der Waals surface area contributed by atoms with E-state index >= 15 is 0 Å². The maximum Gasteiger partial charge on any atom is 0.339 e. The lowest BCUT2D eigenvalue weighted by Gasteiger charge is -2.12. The molecule has 88 valence electrons. The minimum atomic E-state index is -1.01. The number of aliphatic hydroxyl groups excluding tert-OH is 1. The van der Waals surface area contributed by atoms with Gasteiger partial charge in [-0.2, -0.15) is 0 Å². The lowest BCUT2D eigenvalue weighted by Crippen LogP contribution is -2.17. The smallest absolute Gasteiger partial charge is 0.339 e. The lowest BCUT2D eigenvalue weighted by atomic mass is 10.2. The van der Waals surface area contributed by atoms with Crippen molar-refractivity contribution in [3.63, 3.8) is 0 Å². The van der Waals surface area contributed by atoms with Crippen molar-refractivity contribution in [1.29, 1.82) is 0 Å². The van der Waals surface area contributed by atoms with Gasteiger partial charge in [-0.3, -0.25) is 0 Å². The van der Waals surface area contributed by atoms with Crippen molar-refractivity contribution in [2.45, 2.75) is 13.8 Å². The molecule has 0 saturated carbocycles. The maximum atomic E-state index is 10.9. The zero-order chi connectivity index (χ0) is 12.1. The highest BCUT2D eigenvalue weighted by Gasteiger charge is 2.11. The molecule has 5 nitrogen and oxygen atoms in total. The number of carboxylic acids is 1. The van der Waals surface area contributed by atoms with Crippen molar-refractivity contribution in [2.75, 3.05) is 18.5 Å². The van der Waals surface area contributed by atoms with Crippen LogP contribution in [0, 0.1) is 12.8 Å². The molecule has 0 spiro atoms. The van der Waals surface area contributed by atoms with Crippen molar-refractivity contribution >= 4 is 11.8 Å². The van der Waals surface area contributed by atoms with Crippen LogP contribution in [0.5, 0.6) is 0 Å². The van der Waals surface area contributed by atoms with Crippen molar-refractivity contribution in [3.05, 3.63) is 23.4 Å². The van der Waals surface area contributed by atoms with Gasteiger partial charge in [-0.15, -0.1) is 0 Å². The molecule has 1 aromatic heterocycles. The number of aromatic carboxylic acids is 1. The van der Waals surface area contributed by atoms with Gasteiger partial charge in [0.2, 0.25) is 0 Å². The Morgan fingerprint density at radius 3 is 2.81 bits per heavy atom. The Balaban J connectivity index is 2.84. The maximum absolute atomic E-state index is 10.9. The number of rotatable bonds is 5. The van der Waals surface area contributed by atoms with Gasteiger partial charge in [0.05, 0.1) is 0 Å². The first-order valence-corrected chi connectivity index (χ1v) is 5.10. The van der Waals surface area contributed by atoms with E-state index in [4.69, 9.17) is 10.2 Å². The van der Waals surface area contributed by atoms with Gasteiger partial charge in [-0.1, -0.05) is 6.92 Å². The first-order chi connectivity index (χ1) is 7.54. The number of carboxylic acid groups (broad SMARTS) is 1. The van der Waals surface area contributed by atoms with Gasteiger partial charge < -0.3 is 15.5 Å². The van der Waals surface area contributed by atoms with Crippen molar-refractivity contribution < 1.29 is 15.0 Å². The van der Waals surface area contributed by atoms with Gasteiger partial charge in [0.25, 0.3) is 0 Å². The van der Waals surface area contributed by atoms with Gasteiger partial charge in [-0.05, 0) is 25.0 Å². The van der Waals surface area contributed by atoms with Crippen molar-refractivity contribution in [1.82, 2.24) is 4.98 Å². The molecule has 0 bridgehead atoms. The van der Waals surface area contributed by atoms with Crippen LogP contribution in [0.2, 0.25) is 0 Å². The van der Waals surface area contributed by atoms with Crippen LogP contribution in [0.3, 0.4) is 0 Å². The Morgan fingerprint density at radius 2 is 2.25 bits per heavy atom. The fraction of sp³-hybridized carbons (Fsp3) is 0.455. The summed E-state index contributed by atoms with van der Waals surface area (Å²) in [5, 5.41) is 20.8. The molecule has 1 atom stereocenters. The highest BCUT2D eigenvalue weighted by atomic mass is 16.4. The monoisotopic (exact) mass is 224 g/mol. The van der Waals surface area contributed by atoms with Gasteiger partial charge >= 0.3 is 5.97 Å². The molecule has 0 radical (unpaired) electrons. The van der Waals surface area contributed by atoms with Crippen LogP contribution in [0.4, 0.5) is 5.82 Å². The minimum Gasteiger partial charge on any atom is -0.478 e. The third kappa shape index (κ3) is 3.20. The molecule has 0 fully saturated rings. The summed E-state index contributed by atoms with van der Waals surface area (Å²) in [5.41, 5.74) is 0.903. The van der Waals surface area contributed by atoms with Crippen LogP contribution in [-0.4, -0.2) is 34.3 Å². The first-order valence-electron chi connectivity index (χ1n) is 5.10. The summed E-state index contributed by atoms with van der Waals surface area (Å²) in [5.74, 6) is -0.594. The predicted octanol–water partition coefficient (Wildman–Crippen LogP) is 1.13. The average molecular weight is 224 g/mol. The van der Waals surface area contributed by atoms with E-state index in [0.29, 0.717) is 12.4 Å². The molecular weight excluding hydrogens is 208 g/mol. The third-order valence-corrected chi connectivity index (χ3v) is 2.19. The second-order valence-corrected chi connectivity index (χ2v) is 3.82. The van der Waals surface area contributed by atoms with E-state index in [1.54, 1.807) is 13.0 Å². The summed E-state index contributed by atoms with van der Waals surface area (Å²) in [6.07, 6.45) is 0. The molecule has 5 heteroatoms. The number of aliphatic hydroxyl groups is 1. The third-order valence-electron chi connectivity index (χ3n) is 2.19. The molecule has 1 heterocycles. The Labute approximate surface area is 94.1 Å². The van der Waals surface area contributed by atoms with Crippen LogP contribution >= 0.6 is 0 Å². The predicted molar refractivity (Wildman–Crippen MR) is 60.7 cm³/mol. The number of nitrogens with one attached hydrogen (secondary N) is 1. The van der Waals surface area contributed by atoms with E-state index in [2.05, 4.69) is 10.3 Å². The quantitative estimate of drug-likeness (QED) is 0.698. The highest BCUT2D eigenvalue weighted by Crippen LogP contribution is 2.13. The van der Waals surface area contributed by atoms with Crippen LogP contribution in [0.1, 0.15) is 23.0 Å². The number of hydrogen-bond acceptors (Lipinski definition) is 4. The first kappa shape index (κ1) is 12.4. The van der Waals surface area contributed by atoms with Gasteiger partial charge in [-0.25, -0.2) is 9.78 Å². The Hall–Kier alpha value is -1.62. The Bertz CT molecular complexity index is 379. The second-order valence-electron chi connectivity index (χ2n) is 3.82. The molecule has 0 aliphatic rings. The number of pyridine rings is 1. The van der Waals surface area contributed by atoms with E-state index in [-0.39, 0.29) is 18.1 Å².